The third-order valence-corrected chi connectivity index (χ3v) is 4.02. The van der Waals surface area contributed by atoms with Crippen molar-refractivity contribution in [3.63, 3.8) is 0 Å². The molecular formula is C15H17N9O. The van der Waals surface area contributed by atoms with Crippen molar-refractivity contribution >= 4 is 11.6 Å². The molecule has 0 unspecified atom stereocenters. The van der Waals surface area contributed by atoms with Crippen LogP contribution in [0, 0.1) is 0 Å². The fourth-order valence-corrected chi connectivity index (χ4v) is 2.75. The van der Waals surface area contributed by atoms with E-state index in [1.54, 1.807) is 24.3 Å². The lowest BCUT2D eigenvalue weighted by Crippen LogP contribution is -2.39. The SMILES string of the molecule is Cn1cnc(C(=O)N2CCn3c(CNc4cccnc4)nnc3C2)n1. The highest BCUT2D eigenvalue weighted by molar-refractivity contribution is 5.90. The van der Waals surface area contributed by atoms with Gasteiger partial charge in [-0.1, -0.05) is 0 Å². The summed E-state index contributed by atoms with van der Waals surface area (Å²) in [6.45, 7) is 2.17. The second-order valence-corrected chi connectivity index (χ2v) is 5.75. The number of carbonyl (C=O) groups excluding carboxylic acids is 1. The molecule has 10 nitrogen and oxygen atoms in total. The summed E-state index contributed by atoms with van der Waals surface area (Å²) in [5.41, 5.74) is 0.925. The first kappa shape index (κ1) is 15.2. The van der Waals surface area contributed by atoms with E-state index >= 15 is 0 Å². The van der Waals surface area contributed by atoms with Gasteiger partial charge in [-0.05, 0) is 12.1 Å². The molecule has 0 bridgehead atoms. The maximum Gasteiger partial charge on any atom is 0.293 e. The van der Waals surface area contributed by atoms with Gasteiger partial charge in [-0.3, -0.25) is 14.5 Å². The van der Waals surface area contributed by atoms with E-state index in [-0.39, 0.29) is 11.7 Å². The zero-order valence-corrected chi connectivity index (χ0v) is 13.7. The van der Waals surface area contributed by atoms with Crippen LogP contribution in [0.2, 0.25) is 0 Å². The van der Waals surface area contributed by atoms with E-state index < -0.39 is 0 Å². The van der Waals surface area contributed by atoms with Crippen LogP contribution in [-0.4, -0.2) is 51.9 Å². The summed E-state index contributed by atoms with van der Waals surface area (Å²) in [7, 11) is 1.73. The van der Waals surface area contributed by atoms with Crippen LogP contribution in [0.15, 0.2) is 30.9 Å². The van der Waals surface area contributed by atoms with Crippen LogP contribution >= 0.6 is 0 Å². The van der Waals surface area contributed by atoms with Crippen LogP contribution in [0.3, 0.4) is 0 Å². The van der Waals surface area contributed by atoms with E-state index in [0.29, 0.717) is 26.2 Å². The molecule has 0 saturated carbocycles. The van der Waals surface area contributed by atoms with E-state index in [1.165, 1.54) is 11.0 Å². The second kappa shape index (κ2) is 6.30. The van der Waals surface area contributed by atoms with E-state index in [9.17, 15) is 4.79 Å². The Labute approximate surface area is 143 Å². The number of fused-ring (bicyclic) bond motifs is 1. The van der Waals surface area contributed by atoms with Crippen molar-refractivity contribution in [3.8, 4) is 0 Å². The Morgan fingerprint density at radius 2 is 2.24 bits per heavy atom. The van der Waals surface area contributed by atoms with Gasteiger partial charge in [-0.25, -0.2) is 4.98 Å². The fraction of sp³-hybridized carbons (Fsp3) is 0.333. The average Bonchev–Trinajstić information content (AvgIpc) is 3.26. The first-order valence-corrected chi connectivity index (χ1v) is 7.90. The molecule has 0 aromatic carbocycles. The number of carbonyl (C=O) groups is 1. The van der Waals surface area contributed by atoms with Crippen molar-refractivity contribution in [2.75, 3.05) is 11.9 Å². The van der Waals surface area contributed by atoms with Crippen molar-refractivity contribution in [2.45, 2.75) is 19.6 Å². The topological polar surface area (TPSA) is 107 Å². The summed E-state index contributed by atoms with van der Waals surface area (Å²) < 4.78 is 3.56. The molecule has 0 radical (unpaired) electrons. The minimum Gasteiger partial charge on any atom is -0.376 e. The number of nitrogens with zero attached hydrogens (tertiary/aromatic N) is 8. The van der Waals surface area contributed by atoms with E-state index in [4.69, 9.17) is 0 Å². The number of amides is 1. The molecule has 0 saturated heterocycles. The lowest BCUT2D eigenvalue weighted by molar-refractivity contribution is 0.0694. The molecule has 1 N–H and O–H groups in total. The largest absolute Gasteiger partial charge is 0.376 e. The molecule has 0 fully saturated rings. The third-order valence-electron chi connectivity index (χ3n) is 4.02. The van der Waals surface area contributed by atoms with Gasteiger partial charge in [0.15, 0.2) is 11.6 Å². The number of anilines is 1. The fourth-order valence-electron chi connectivity index (χ4n) is 2.75. The van der Waals surface area contributed by atoms with Gasteiger partial charge in [0.25, 0.3) is 5.91 Å². The normalized spacial score (nSPS) is 13.6. The minimum atomic E-state index is -0.190. The van der Waals surface area contributed by atoms with Crippen LogP contribution in [0.4, 0.5) is 5.69 Å². The van der Waals surface area contributed by atoms with E-state index in [2.05, 4.69) is 30.6 Å². The Kier molecular flexibility index (Phi) is 3.84. The highest BCUT2D eigenvalue weighted by Crippen LogP contribution is 2.15. The second-order valence-electron chi connectivity index (χ2n) is 5.75. The molecule has 3 aromatic heterocycles. The summed E-state index contributed by atoms with van der Waals surface area (Å²) in [4.78, 5) is 22.2. The molecule has 3 aromatic rings. The summed E-state index contributed by atoms with van der Waals surface area (Å²) in [6.07, 6.45) is 5.00. The third kappa shape index (κ3) is 3.05. The molecule has 0 atom stereocenters. The van der Waals surface area contributed by atoms with Crippen LogP contribution < -0.4 is 5.32 Å². The first-order chi connectivity index (χ1) is 12.2. The molecule has 128 valence electrons. The highest BCUT2D eigenvalue weighted by atomic mass is 16.2. The smallest absolute Gasteiger partial charge is 0.293 e. The predicted octanol–water partition coefficient (Wildman–Crippen LogP) is 0.0697. The predicted molar refractivity (Wildman–Crippen MR) is 87.3 cm³/mol. The van der Waals surface area contributed by atoms with Gasteiger partial charge >= 0.3 is 0 Å². The van der Waals surface area contributed by atoms with Crippen molar-refractivity contribution < 1.29 is 4.79 Å². The number of hydrogen-bond donors (Lipinski definition) is 1. The van der Waals surface area contributed by atoms with Crippen LogP contribution in [0.5, 0.6) is 0 Å². The summed E-state index contributed by atoms with van der Waals surface area (Å²) in [6, 6.07) is 3.82. The number of aromatic nitrogens is 7. The standard InChI is InChI=1S/C15H17N9O/c1-22-10-18-14(21-22)15(25)23-5-6-24-12(19-20-13(24)9-23)8-17-11-3-2-4-16-7-11/h2-4,7,10,17H,5-6,8-9H2,1H3. The van der Waals surface area contributed by atoms with Crippen molar-refractivity contribution in [3.05, 3.63) is 48.3 Å². The Bertz CT molecular complexity index is 886. The number of rotatable bonds is 4. The van der Waals surface area contributed by atoms with Crippen LogP contribution in [0.1, 0.15) is 22.3 Å². The van der Waals surface area contributed by atoms with Gasteiger partial charge in [-0.15, -0.1) is 15.3 Å². The van der Waals surface area contributed by atoms with Gasteiger partial charge in [0, 0.05) is 32.5 Å². The molecule has 4 heterocycles. The summed E-state index contributed by atoms with van der Waals surface area (Å²) >= 11 is 0. The monoisotopic (exact) mass is 339 g/mol. The molecule has 1 amide bonds. The molecule has 0 aliphatic carbocycles. The summed E-state index contributed by atoms with van der Waals surface area (Å²) in [5.74, 6) is 1.61. The Balaban J connectivity index is 1.44. The highest BCUT2D eigenvalue weighted by Gasteiger charge is 2.27. The van der Waals surface area contributed by atoms with E-state index in [1.807, 2.05) is 16.7 Å². The van der Waals surface area contributed by atoms with Crippen LogP contribution in [0.25, 0.3) is 0 Å². The maximum atomic E-state index is 12.5. The minimum absolute atomic E-state index is 0.190. The zero-order valence-electron chi connectivity index (χ0n) is 13.7. The van der Waals surface area contributed by atoms with Gasteiger partial charge < -0.3 is 14.8 Å². The van der Waals surface area contributed by atoms with Crippen LogP contribution in [-0.2, 0) is 26.7 Å². The molecule has 4 rings (SSSR count). The number of hydrogen-bond acceptors (Lipinski definition) is 7. The Hall–Kier alpha value is -3.30. The number of aryl methyl sites for hydroxylation is 1. The van der Waals surface area contributed by atoms with Gasteiger partial charge in [-0.2, -0.15) is 0 Å². The lowest BCUT2D eigenvalue weighted by Gasteiger charge is -2.26. The average molecular weight is 339 g/mol. The van der Waals surface area contributed by atoms with Crippen molar-refractivity contribution in [1.82, 2.24) is 39.4 Å². The molecule has 1 aliphatic rings. The molecule has 0 spiro atoms. The zero-order chi connectivity index (χ0) is 17.2. The maximum absolute atomic E-state index is 12.5. The number of nitrogens with one attached hydrogen (secondary N) is 1. The summed E-state index contributed by atoms with van der Waals surface area (Å²) in [5, 5.41) is 15.8. The molecule has 1 aliphatic heterocycles. The van der Waals surface area contributed by atoms with Crippen molar-refractivity contribution in [1.29, 1.82) is 0 Å². The first-order valence-electron chi connectivity index (χ1n) is 7.90. The van der Waals surface area contributed by atoms with E-state index in [0.717, 1.165) is 17.3 Å². The Morgan fingerprint density at radius 1 is 1.32 bits per heavy atom. The number of pyridine rings is 1. The lowest BCUT2D eigenvalue weighted by atomic mass is 10.3. The van der Waals surface area contributed by atoms with Gasteiger partial charge in [0.1, 0.15) is 6.33 Å². The van der Waals surface area contributed by atoms with Gasteiger partial charge in [0.05, 0.1) is 18.8 Å². The quantitative estimate of drug-likeness (QED) is 0.717. The Morgan fingerprint density at radius 3 is 3.00 bits per heavy atom. The molecule has 10 heteroatoms. The van der Waals surface area contributed by atoms with Gasteiger partial charge in [0.2, 0.25) is 5.82 Å². The molecule has 25 heavy (non-hydrogen) atoms. The molecular weight excluding hydrogens is 322 g/mol. The van der Waals surface area contributed by atoms with Crippen molar-refractivity contribution in [2.24, 2.45) is 7.05 Å².